The molecular formula is C11H12O3. The van der Waals surface area contributed by atoms with E-state index in [2.05, 4.69) is 0 Å². The number of ether oxygens (including phenoxy) is 1. The molecule has 0 bridgehead atoms. The molecular weight excluding hydrogens is 180 g/mol. The molecule has 1 saturated heterocycles. The highest BCUT2D eigenvalue weighted by molar-refractivity contribution is 5.56. The average Bonchev–Trinajstić information content (AvgIpc) is 2.86. The first-order valence-corrected chi connectivity index (χ1v) is 4.71. The monoisotopic (exact) mass is 192 g/mol. The summed E-state index contributed by atoms with van der Waals surface area (Å²) in [5.41, 5.74) is 0. The van der Waals surface area contributed by atoms with Gasteiger partial charge < -0.3 is 13.9 Å². The first kappa shape index (κ1) is 9.21. The van der Waals surface area contributed by atoms with Gasteiger partial charge in [-0.2, -0.15) is 0 Å². The second kappa shape index (κ2) is 4.24. The standard InChI is InChI=1S/C11H12O3/c12-8-11-6-5-10(14-11)4-3-9-2-1-7-13-9/h1-4,7-8,10-11H,5-6H2/b4-3+/t10-,11-/m0/s1. The topological polar surface area (TPSA) is 39.4 Å². The van der Waals surface area contributed by atoms with Crippen LogP contribution in [0, 0.1) is 0 Å². The van der Waals surface area contributed by atoms with Crippen LogP contribution >= 0.6 is 0 Å². The normalized spacial score (nSPS) is 27.1. The lowest BCUT2D eigenvalue weighted by Gasteiger charge is -2.03. The molecule has 3 heteroatoms. The van der Waals surface area contributed by atoms with Crippen LogP contribution in [0.25, 0.3) is 6.08 Å². The van der Waals surface area contributed by atoms with Gasteiger partial charge in [-0.3, -0.25) is 0 Å². The Morgan fingerprint density at radius 1 is 1.36 bits per heavy atom. The molecule has 2 rings (SSSR count). The smallest absolute Gasteiger partial charge is 0.148 e. The molecule has 2 heterocycles. The van der Waals surface area contributed by atoms with Crippen LogP contribution in [0.15, 0.2) is 28.9 Å². The number of furan rings is 1. The van der Waals surface area contributed by atoms with E-state index in [0.29, 0.717) is 0 Å². The lowest BCUT2D eigenvalue weighted by molar-refractivity contribution is -0.116. The van der Waals surface area contributed by atoms with Crippen LogP contribution in [0.3, 0.4) is 0 Å². The van der Waals surface area contributed by atoms with Gasteiger partial charge in [0.25, 0.3) is 0 Å². The Kier molecular flexibility index (Phi) is 2.79. The van der Waals surface area contributed by atoms with E-state index in [1.807, 2.05) is 24.3 Å². The SMILES string of the molecule is O=C[C@@H]1CC[C@H](/C=C/c2ccco2)O1. The summed E-state index contributed by atoms with van der Waals surface area (Å²) in [7, 11) is 0. The van der Waals surface area contributed by atoms with Gasteiger partial charge in [0.1, 0.15) is 18.2 Å². The van der Waals surface area contributed by atoms with Crippen molar-refractivity contribution in [2.45, 2.75) is 25.0 Å². The molecule has 0 amide bonds. The number of carbonyl (C=O) groups excluding carboxylic acids is 1. The Morgan fingerprint density at radius 3 is 2.86 bits per heavy atom. The van der Waals surface area contributed by atoms with Crippen LogP contribution in [-0.2, 0) is 9.53 Å². The minimum Gasteiger partial charge on any atom is -0.465 e. The molecule has 0 saturated carbocycles. The summed E-state index contributed by atoms with van der Waals surface area (Å²) in [4.78, 5) is 10.4. The molecule has 0 aromatic carbocycles. The summed E-state index contributed by atoms with van der Waals surface area (Å²) in [6.45, 7) is 0. The fourth-order valence-corrected chi connectivity index (χ4v) is 1.52. The molecule has 0 radical (unpaired) electrons. The molecule has 14 heavy (non-hydrogen) atoms. The van der Waals surface area contributed by atoms with Gasteiger partial charge in [-0.05, 0) is 31.1 Å². The fourth-order valence-electron chi connectivity index (χ4n) is 1.52. The van der Waals surface area contributed by atoms with E-state index in [0.717, 1.165) is 24.9 Å². The second-order valence-corrected chi connectivity index (χ2v) is 3.30. The van der Waals surface area contributed by atoms with Crippen molar-refractivity contribution in [3.05, 3.63) is 30.2 Å². The zero-order valence-corrected chi connectivity index (χ0v) is 7.76. The van der Waals surface area contributed by atoms with Crippen molar-refractivity contribution < 1.29 is 13.9 Å². The Morgan fingerprint density at radius 2 is 2.21 bits per heavy atom. The van der Waals surface area contributed by atoms with Crippen molar-refractivity contribution >= 4 is 12.4 Å². The van der Waals surface area contributed by atoms with Crippen LogP contribution < -0.4 is 0 Å². The quantitative estimate of drug-likeness (QED) is 0.688. The van der Waals surface area contributed by atoms with Crippen molar-refractivity contribution in [1.82, 2.24) is 0 Å². The molecule has 2 atom stereocenters. The van der Waals surface area contributed by atoms with Gasteiger partial charge >= 0.3 is 0 Å². The molecule has 1 aromatic rings. The summed E-state index contributed by atoms with van der Waals surface area (Å²) in [6, 6.07) is 3.71. The van der Waals surface area contributed by atoms with E-state index in [9.17, 15) is 4.79 Å². The van der Waals surface area contributed by atoms with Gasteiger partial charge in [-0.15, -0.1) is 0 Å². The van der Waals surface area contributed by atoms with Gasteiger partial charge in [-0.25, -0.2) is 0 Å². The zero-order valence-electron chi connectivity index (χ0n) is 7.76. The number of hydrogen-bond acceptors (Lipinski definition) is 3. The first-order valence-electron chi connectivity index (χ1n) is 4.71. The number of carbonyl (C=O) groups is 1. The van der Waals surface area contributed by atoms with E-state index in [1.165, 1.54) is 0 Å². The van der Waals surface area contributed by atoms with Crippen LogP contribution in [0.1, 0.15) is 18.6 Å². The van der Waals surface area contributed by atoms with Crippen molar-refractivity contribution in [2.75, 3.05) is 0 Å². The van der Waals surface area contributed by atoms with E-state index in [-0.39, 0.29) is 12.2 Å². The van der Waals surface area contributed by atoms with Gasteiger partial charge in [0, 0.05) is 0 Å². The third kappa shape index (κ3) is 2.12. The first-order chi connectivity index (χ1) is 6.88. The third-order valence-electron chi connectivity index (χ3n) is 2.26. The van der Waals surface area contributed by atoms with Gasteiger partial charge in [0.15, 0.2) is 0 Å². The van der Waals surface area contributed by atoms with Crippen molar-refractivity contribution in [2.24, 2.45) is 0 Å². The Balaban J connectivity index is 1.90. The third-order valence-corrected chi connectivity index (χ3v) is 2.26. The summed E-state index contributed by atoms with van der Waals surface area (Å²) in [5, 5.41) is 0. The number of aldehydes is 1. The molecule has 0 N–H and O–H groups in total. The van der Waals surface area contributed by atoms with Gasteiger partial charge in [0.05, 0.1) is 12.4 Å². The average molecular weight is 192 g/mol. The zero-order chi connectivity index (χ0) is 9.80. The van der Waals surface area contributed by atoms with E-state index >= 15 is 0 Å². The Bertz CT molecular complexity index is 313. The highest BCUT2D eigenvalue weighted by Crippen LogP contribution is 2.19. The molecule has 0 unspecified atom stereocenters. The molecule has 0 spiro atoms. The number of rotatable bonds is 3. The Hall–Kier alpha value is -1.35. The largest absolute Gasteiger partial charge is 0.465 e. The summed E-state index contributed by atoms with van der Waals surface area (Å²) < 4.78 is 10.5. The van der Waals surface area contributed by atoms with Gasteiger partial charge in [-0.1, -0.05) is 6.08 Å². The number of hydrogen-bond donors (Lipinski definition) is 0. The minimum absolute atomic E-state index is 0.0512. The Labute approximate surface area is 82.4 Å². The molecule has 1 aromatic heterocycles. The van der Waals surface area contributed by atoms with Crippen LogP contribution in [0.5, 0.6) is 0 Å². The van der Waals surface area contributed by atoms with Crippen molar-refractivity contribution in [3.8, 4) is 0 Å². The molecule has 74 valence electrons. The highest BCUT2D eigenvalue weighted by Gasteiger charge is 2.22. The highest BCUT2D eigenvalue weighted by atomic mass is 16.5. The minimum atomic E-state index is -0.221. The summed E-state index contributed by atoms with van der Waals surface area (Å²) >= 11 is 0. The maximum atomic E-state index is 10.4. The molecule has 1 aliphatic heterocycles. The second-order valence-electron chi connectivity index (χ2n) is 3.30. The van der Waals surface area contributed by atoms with Crippen LogP contribution in [0.4, 0.5) is 0 Å². The predicted octanol–water partition coefficient (Wildman–Crippen LogP) is 2.04. The maximum absolute atomic E-state index is 10.4. The summed E-state index contributed by atoms with van der Waals surface area (Å²) in [6.07, 6.45) is 7.85. The summed E-state index contributed by atoms with van der Waals surface area (Å²) in [5.74, 6) is 0.808. The maximum Gasteiger partial charge on any atom is 0.148 e. The van der Waals surface area contributed by atoms with Crippen molar-refractivity contribution in [3.63, 3.8) is 0 Å². The fraction of sp³-hybridized carbons (Fsp3) is 0.364. The lowest BCUT2D eigenvalue weighted by Crippen LogP contribution is -2.09. The molecule has 0 aliphatic carbocycles. The van der Waals surface area contributed by atoms with E-state index in [1.54, 1.807) is 6.26 Å². The molecule has 1 fully saturated rings. The van der Waals surface area contributed by atoms with Crippen LogP contribution in [-0.4, -0.2) is 18.5 Å². The lowest BCUT2D eigenvalue weighted by atomic mass is 10.2. The van der Waals surface area contributed by atoms with E-state index < -0.39 is 0 Å². The van der Waals surface area contributed by atoms with Crippen molar-refractivity contribution in [1.29, 1.82) is 0 Å². The van der Waals surface area contributed by atoms with E-state index in [4.69, 9.17) is 9.15 Å². The molecule has 1 aliphatic rings. The van der Waals surface area contributed by atoms with Gasteiger partial charge in [0.2, 0.25) is 0 Å². The van der Waals surface area contributed by atoms with Crippen LogP contribution in [0.2, 0.25) is 0 Å². The predicted molar refractivity (Wildman–Crippen MR) is 51.7 cm³/mol. The molecule has 3 nitrogen and oxygen atoms in total.